The van der Waals surface area contributed by atoms with Crippen molar-refractivity contribution in [1.29, 1.82) is 0 Å². The lowest BCUT2D eigenvalue weighted by molar-refractivity contribution is -0.146. The number of aliphatic hydroxyl groups is 1. The Morgan fingerprint density at radius 1 is 1.25 bits per heavy atom. The number of aliphatic carboxylic acids is 1. The number of rotatable bonds is 7. The van der Waals surface area contributed by atoms with Gasteiger partial charge in [0.2, 0.25) is 0 Å². The van der Waals surface area contributed by atoms with E-state index in [4.69, 9.17) is 10.2 Å². The predicted octanol–water partition coefficient (Wildman–Crippen LogP) is 1.48. The summed E-state index contributed by atoms with van der Waals surface area (Å²) < 4.78 is 0. The van der Waals surface area contributed by atoms with Crippen molar-refractivity contribution in [3.05, 3.63) is 0 Å². The first-order valence-corrected chi connectivity index (χ1v) is 7.48. The molecule has 0 heterocycles. The quantitative estimate of drug-likeness (QED) is 0.569. The lowest BCUT2D eigenvalue weighted by Gasteiger charge is -2.29. The summed E-state index contributed by atoms with van der Waals surface area (Å²) in [5.41, 5.74) is 0. The molecule has 1 atom stereocenters. The molecule has 0 aromatic rings. The van der Waals surface area contributed by atoms with Gasteiger partial charge in [-0.25, -0.2) is 9.59 Å². The zero-order valence-corrected chi connectivity index (χ0v) is 12.1. The molecule has 20 heavy (non-hydrogen) atoms. The molecule has 1 unspecified atom stereocenters. The van der Waals surface area contributed by atoms with Crippen LogP contribution in [-0.4, -0.2) is 40.9 Å². The maximum atomic E-state index is 11.6. The van der Waals surface area contributed by atoms with E-state index in [9.17, 15) is 9.59 Å². The summed E-state index contributed by atoms with van der Waals surface area (Å²) in [6.45, 7) is 2.35. The second-order valence-electron chi connectivity index (χ2n) is 5.55. The second kappa shape index (κ2) is 8.79. The molecule has 4 N–H and O–H groups in total. The predicted molar refractivity (Wildman–Crippen MR) is 75.4 cm³/mol. The molecule has 0 spiro atoms. The molecule has 1 fully saturated rings. The molecule has 6 nitrogen and oxygen atoms in total. The van der Waals surface area contributed by atoms with Gasteiger partial charge in [0.15, 0.2) is 6.10 Å². The van der Waals surface area contributed by atoms with Crippen LogP contribution in [0.15, 0.2) is 0 Å². The van der Waals surface area contributed by atoms with E-state index in [1.165, 1.54) is 12.8 Å². The van der Waals surface area contributed by atoms with Crippen LogP contribution in [0.1, 0.15) is 51.9 Å². The number of urea groups is 1. The van der Waals surface area contributed by atoms with E-state index in [-0.39, 0.29) is 25.0 Å². The van der Waals surface area contributed by atoms with Gasteiger partial charge in [-0.3, -0.25) is 0 Å². The zero-order chi connectivity index (χ0) is 15.0. The third-order valence-electron chi connectivity index (χ3n) is 3.87. The van der Waals surface area contributed by atoms with Gasteiger partial charge in [0.25, 0.3) is 0 Å². The monoisotopic (exact) mass is 286 g/mol. The van der Waals surface area contributed by atoms with Crippen molar-refractivity contribution in [2.24, 2.45) is 5.92 Å². The Kier molecular flexibility index (Phi) is 7.36. The Morgan fingerprint density at radius 3 is 2.45 bits per heavy atom. The fraction of sp³-hybridized carbons (Fsp3) is 0.857. The molecule has 0 aromatic heterocycles. The smallest absolute Gasteiger partial charge is 0.332 e. The molecule has 6 heteroatoms. The fourth-order valence-electron chi connectivity index (χ4n) is 2.69. The summed E-state index contributed by atoms with van der Waals surface area (Å²) in [4.78, 5) is 22.0. The van der Waals surface area contributed by atoms with Gasteiger partial charge < -0.3 is 20.8 Å². The van der Waals surface area contributed by atoms with E-state index in [2.05, 4.69) is 17.6 Å². The van der Waals surface area contributed by atoms with Gasteiger partial charge in [0.1, 0.15) is 0 Å². The maximum Gasteiger partial charge on any atom is 0.332 e. The minimum atomic E-state index is -1.42. The van der Waals surface area contributed by atoms with E-state index in [1.807, 2.05) is 0 Å². The lowest BCUT2D eigenvalue weighted by atomic mass is 9.83. The third kappa shape index (κ3) is 6.23. The molecule has 1 aliphatic carbocycles. The number of carbonyl (C=O) groups excluding carboxylic acids is 1. The van der Waals surface area contributed by atoms with Gasteiger partial charge in [-0.2, -0.15) is 0 Å². The van der Waals surface area contributed by atoms with Crippen LogP contribution in [0.4, 0.5) is 4.79 Å². The Morgan fingerprint density at radius 2 is 1.90 bits per heavy atom. The van der Waals surface area contributed by atoms with Gasteiger partial charge in [0.05, 0.1) is 0 Å². The van der Waals surface area contributed by atoms with Crippen LogP contribution >= 0.6 is 0 Å². The number of nitrogens with one attached hydrogen (secondary N) is 2. The first-order valence-electron chi connectivity index (χ1n) is 7.48. The first-order chi connectivity index (χ1) is 9.52. The molecule has 0 aromatic carbocycles. The fourth-order valence-corrected chi connectivity index (χ4v) is 2.69. The van der Waals surface area contributed by atoms with Crippen molar-refractivity contribution in [3.63, 3.8) is 0 Å². The summed E-state index contributed by atoms with van der Waals surface area (Å²) in [6, 6.07) is -0.0611. The summed E-state index contributed by atoms with van der Waals surface area (Å²) >= 11 is 0. The molecule has 1 aliphatic rings. The summed E-state index contributed by atoms with van der Waals surface area (Å²) in [5, 5.41) is 23.1. The molecule has 0 saturated heterocycles. The van der Waals surface area contributed by atoms with Gasteiger partial charge in [-0.15, -0.1) is 0 Å². The number of carboxylic acids is 1. The van der Waals surface area contributed by atoms with Crippen LogP contribution in [0.5, 0.6) is 0 Å². The number of hydrogen-bond donors (Lipinski definition) is 4. The minimum Gasteiger partial charge on any atom is -0.479 e. The third-order valence-corrected chi connectivity index (χ3v) is 3.87. The van der Waals surface area contributed by atoms with Gasteiger partial charge in [-0.05, 0) is 31.6 Å². The highest BCUT2D eigenvalue weighted by Crippen LogP contribution is 2.27. The second-order valence-corrected chi connectivity index (χ2v) is 5.55. The molecule has 0 aliphatic heterocycles. The van der Waals surface area contributed by atoms with Crippen LogP contribution in [0.2, 0.25) is 0 Å². The molecular weight excluding hydrogens is 260 g/mol. The van der Waals surface area contributed by atoms with Crippen LogP contribution in [0.25, 0.3) is 0 Å². The standard InChI is InChI=1S/C14H26N2O4/c1-2-3-10-4-6-11(7-5-10)16-14(20)15-9-8-12(17)13(18)19/h10-12,17H,2-9H2,1H3,(H,18,19)(H2,15,16,20). The topological polar surface area (TPSA) is 98.7 Å². The van der Waals surface area contributed by atoms with E-state index >= 15 is 0 Å². The van der Waals surface area contributed by atoms with Crippen molar-refractivity contribution in [2.45, 2.75) is 64.0 Å². The largest absolute Gasteiger partial charge is 0.479 e. The number of hydrogen-bond acceptors (Lipinski definition) is 3. The summed E-state index contributed by atoms with van der Waals surface area (Å²) in [7, 11) is 0. The van der Waals surface area contributed by atoms with Crippen molar-refractivity contribution in [1.82, 2.24) is 10.6 Å². The van der Waals surface area contributed by atoms with E-state index < -0.39 is 12.1 Å². The van der Waals surface area contributed by atoms with Crippen LogP contribution < -0.4 is 10.6 Å². The molecule has 2 amide bonds. The van der Waals surface area contributed by atoms with Gasteiger partial charge >= 0.3 is 12.0 Å². The maximum absolute atomic E-state index is 11.6. The van der Waals surface area contributed by atoms with Crippen molar-refractivity contribution in [2.75, 3.05) is 6.54 Å². The van der Waals surface area contributed by atoms with Crippen LogP contribution in [0, 0.1) is 5.92 Å². The lowest BCUT2D eigenvalue weighted by Crippen LogP contribution is -2.44. The molecule has 1 rings (SSSR count). The highest BCUT2D eigenvalue weighted by molar-refractivity contribution is 5.74. The molecular formula is C14H26N2O4. The normalized spacial score (nSPS) is 23.9. The van der Waals surface area contributed by atoms with Gasteiger partial charge in [-0.1, -0.05) is 19.8 Å². The Balaban J connectivity index is 2.12. The number of carbonyl (C=O) groups is 2. The minimum absolute atomic E-state index is 0.0198. The SMILES string of the molecule is CCCC1CCC(NC(=O)NCCC(O)C(=O)O)CC1. The highest BCUT2D eigenvalue weighted by atomic mass is 16.4. The molecule has 0 bridgehead atoms. The number of aliphatic hydroxyl groups excluding tert-OH is 1. The zero-order valence-electron chi connectivity index (χ0n) is 12.1. The van der Waals surface area contributed by atoms with Crippen LogP contribution in [-0.2, 0) is 4.79 Å². The molecule has 116 valence electrons. The number of amides is 2. The highest BCUT2D eigenvalue weighted by Gasteiger charge is 2.21. The van der Waals surface area contributed by atoms with Crippen molar-refractivity contribution < 1.29 is 19.8 Å². The van der Waals surface area contributed by atoms with E-state index in [0.29, 0.717) is 0 Å². The van der Waals surface area contributed by atoms with Crippen LogP contribution in [0.3, 0.4) is 0 Å². The average molecular weight is 286 g/mol. The Labute approximate surface area is 119 Å². The molecule has 1 saturated carbocycles. The van der Waals surface area contributed by atoms with Crippen molar-refractivity contribution in [3.8, 4) is 0 Å². The summed E-state index contributed by atoms with van der Waals surface area (Å²) in [6.07, 6.45) is 5.44. The molecule has 0 radical (unpaired) electrons. The van der Waals surface area contributed by atoms with E-state index in [1.54, 1.807) is 0 Å². The van der Waals surface area contributed by atoms with Gasteiger partial charge in [0, 0.05) is 19.0 Å². The Hall–Kier alpha value is -1.30. The first kappa shape index (κ1) is 16.8. The summed E-state index contributed by atoms with van der Waals surface area (Å²) in [5.74, 6) is -0.465. The van der Waals surface area contributed by atoms with E-state index in [0.717, 1.165) is 31.6 Å². The Bertz CT molecular complexity index is 314. The number of carboxylic acid groups (broad SMARTS) is 1. The van der Waals surface area contributed by atoms with Crippen molar-refractivity contribution >= 4 is 12.0 Å². The average Bonchev–Trinajstić information content (AvgIpc) is 2.41.